The summed E-state index contributed by atoms with van der Waals surface area (Å²) in [7, 11) is 1.50. The molecule has 0 saturated carbocycles. The van der Waals surface area contributed by atoms with Crippen LogP contribution < -0.4 is 10.1 Å². The number of phenolic OH excluding ortho intramolecular Hbond substituents is 1. The number of aromatic hydroxyl groups is 1. The Balaban J connectivity index is 1.53. The van der Waals surface area contributed by atoms with Crippen molar-refractivity contribution < 1.29 is 29.0 Å². The second kappa shape index (κ2) is 12.9. The van der Waals surface area contributed by atoms with Crippen molar-refractivity contribution in [3.63, 3.8) is 0 Å². The molecule has 1 heterocycles. The number of benzene rings is 3. The van der Waals surface area contributed by atoms with Crippen LogP contribution in [0.5, 0.6) is 11.5 Å². The number of hydrogen-bond acceptors (Lipinski definition) is 6. The Labute approximate surface area is 233 Å². The van der Waals surface area contributed by atoms with Crippen LogP contribution in [0.25, 0.3) is 0 Å². The molecule has 40 heavy (non-hydrogen) atoms. The standard InChI is InChI=1S/C31H33N3O6/c1-21-15-16-33(19-26(36)20-34(21)30(38)23-7-4-3-5-8-23)31(39)28(17-22-11-13-25(35)14-12-22)32-29(37)24-9-6-10-27(18-24)40-2/h3-14,18,21,28,35H,15-17,19-20H2,1-2H3,(H,32,37)/t21-,28-/m0/s1. The van der Waals surface area contributed by atoms with E-state index in [2.05, 4.69) is 5.32 Å². The maximum absolute atomic E-state index is 13.8. The van der Waals surface area contributed by atoms with Crippen molar-refractivity contribution in [2.45, 2.75) is 31.8 Å². The SMILES string of the molecule is COc1cccc(C(=O)N[C@@H](Cc2ccc(O)cc2)C(=O)N2CC[C@H](C)N(C(=O)c3ccccc3)CC(=O)C2)c1. The summed E-state index contributed by atoms with van der Waals surface area (Å²) < 4.78 is 5.22. The summed E-state index contributed by atoms with van der Waals surface area (Å²) in [6.45, 7) is 1.81. The molecule has 9 nitrogen and oxygen atoms in total. The molecule has 208 valence electrons. The third-order valence-corrected chi connectivity index (χ3v) is 6.97. The van der Waals surface area contributed by atoms with Gasteiger partial charge in [-0.3, -0.25) is 19.2 Å². The number of carbonyl (C=O) groups is 4. The first-order chi connectivity index (χ1) is 19.2. The highest BCUT2D eigenvalue weighted by molar-refractivity contribution is 6.00. The zero-order valence-electron chi connectivity index (χ0n) is 22.6. The Morgan fingerprint density at radius 2 is 1.68 bits per heavy atom. The van der Waals surface area contributed by atoms with Gasteiger partial charge in [0, 0.05) is 30.1 Å². The molecular weight excluding hydrogens is 510 g/mol. The van der Waals surface area contributed by atoms with Crippen molar-refractivity contribution in [2.75, 3.05) is 26.7 Å². The smallest absolute Gasteiger partial charge is 0.254 e. The van der Waals surface area contributed by atoms with Crippen LogP contribution in [-0.2, 0) is 16.0 Å². The highest BCUT2D eigenvalue weighted by Gasteiger charge is 2.33. The summed E-state index contributed by atoms with van der Waals surface area (Å²) in [6, 6.07) is 20.6. The fraction of sp³-hybridized carbons (Fsp3) is 0.290. The summed E-state index contributed by atoms with van der Waals surface area (Å²) in [6.07, 6.45) is 0.626. The highest BCUT2D eigenvalue weighted by atomic mass is 16.5. The van der Waals surface area contributed by atoms with Crippen molar-refractivity contribution in [1.82, 2.24) is 15.1 Å². The van der Waals surface area contributed by atoms with E-state index in [4.69, 9.17) is 4.74 Å². The van der Waals surface area contributed by atoms with Gasteiger partial charge >= 0.3 is 0 Å². The van der Waals surface area contributed by atoms with Crippen molar-refractivity contribution in [3.8, 4) is 11.5 Å². The van der Waals surface area contributed by atoms with E-state index in [0.717, 1.165) is 5.56 Å². The first-order valence-electron chi connectivity index (χ1n) is 13.1. The van der Waals surface area contributed by atoms with Crippen LogP contribution >= 0.6 is 0 Å². The fourth-order valence-corrected chi connectivity index (χ4v) is 4.69. The van der Waals surface area contributed by atoms with Gasteiger partial charge in [0.1, 0.15) is 17.5 Å². The minimum absolute atomic E-state index is 0.0880. The van der Waals surface area contributed by atoms with Gasteiger partial charge in [0.15, 0.2) is 5.78 Å². The zero-order chi connectivity index (χ0) is 28.6. The van der Waals surface area contributed by atoms with E-state index >= 15 is 0 Å². The maximum atomic E-state index is 13.8. The summed E-state index contributed by atoms with van der Waals surface area (Å²) in [5, 5.41) is 12.5. The number of nitrogens with one attached hydrogen (secondary N) is 1. The van der Waals surface area contributed by atoms with Gasteiger partial charge in [0.2, 0.25) is 5.91 Å². The van der Waals surface area contributed by atoms with Crippen molar-refractivity contribution in [3.05, 3.63) is 95.6 Å². The Bertz CT molecular complexity index is 1360. The minimum atomic E-state index is -0.965. The average Bonchev–Trinajstić information content (AvgIpc) is 2.97. The number of nitrogens with zero attached hydrogens (tertiary/aromatic N) is 2. The number of methoxy groups -OCH3 is 1. The highest BCUT2D eigenvalue weighted by Crippen LogP contribution is 2.18. The lowest BCUT2D eigenvalue weighted by Gasteiger charge is -2.35. The van der Waals surface area contributed by atoms with Crippen molar-refractivity contribution in [1.29, 1.82) is 0 Å². The third-order valence-electron chi connectivity index (χ3n) is 6.97. The predicted molar refractivity (Wildman–Crippen MR) is 149 cm³/mol. The molecule has 4 rings (SSSR count). The van der Waals surface area contributed by atoms with Crippen LogP contribution in [0.4, 0.5) is 0 Å². The molecule has 0 spiro atoms. The lowest BCUT2D eigenvalue weighted by molar-refractivity contribution is -0.138. The molecule has 0 bridgehead atoms. The van der Waals surface area contributed by atoms with Crippen LogP contribution in [0.3, 0.4) is 0 Å². The lowest BCUT2D eigenvalue weighted by atomic mass is 10.0. The molecule has 3 aromatic rings. The van der Waals surface area contributed by atoms with E-state index < -0.39 is 17.9 Å². The van der Waals surface area contributed by atoms with E-state index in [9.17, 15) is 24.3 Å². The molecule has 0 unspecified atom stereocenters. The van der Waals surface area contributed by atoms with Gasteiger partial charge in [0.05, 0.1) is 20.2 Å². The largest absolute Gasteiger partial charge is 0.508 e. The topological polar surface area (TPSA) is 116 Å². The molecule has 0 aliphatic carbocycles. The average molecular weight is 544 g/mol. The molecule has 0 radical (unpaired) electrons. The first-order valence-corrected chi connectivity index (χ1v) is 13.1. The van der Waals surface area contributed by atoms with E-state index in [1.165, 1.54) is 24.1 Å². The molecule has 2 atom stereocenters. The molecule has 1 aliphatic heterocycles. The van der Waals surface area contributed by atoms with Crippen molar-refractivity contribution in [2.24, 2.45) is 0 Å². The Morgan fingerprint density at radius 1 is 0.975 bits per heavy atom. The van der Waals surface area contributed by atoms with Crippen LogP contribution in [-0.4, -0.2) is 77.2 Å². The number of rotatable bonds is 7. The monoisotopic (exact) mass is 543 g/mol. The first kappa shape index (κ1) is 28.4. The summed E-state index contributed by atoms with van der Waals surface area (Å²) in [5.41, 5.74) is 1.56. The quantitative estimate of drug-likeness (QED) is 0.473. The van der Waals surface area contributed by atoms with Crippen LogP contribution in [0.1, 0.15) is 39.6 Å². The summed E-state index contributed by atoms with van der Waals surface area (Å²) in [4.78, 5) is 56.1. The van der Waals surface area contributed by atoms with Gasteiger partial charge in [-0.05, 0) is 61.4 Å². The van der Waals surface area contributed by atoms with E-state index in [1.54, 1.807) is 65.6 Å². The lowest BCUT2D eigenvalue weighted by Crippen LogP contribution is -2.55. The van der Waals surface area contributed by atoms with E-state index in [1.807, 2.05) is 13.0 Å². The normalized spacial score (nSPS) is 16.4. The molecule has 2 N–H and O–H groups in total. The van der Waals surface area contributed by atoms with Crippen molar-refractivity contribution >= 4 is 23.5 Å². The van der Waals surface area contributed by atoms with Gasteiger partial charge in [-0.2, -0.15) is 0 Å². The van der Waals surface area contributed by atoms with E-state index in [-0.39, 0.29) is 49.5 Å². The Morgan fingerprint density at radius 3 is 2.38 bits per heavy atom. The number of carbonyl (C=O) groups excluding carboxylic acids is 4. The van der Waals surface area contributed by atoms with Gasteiger partial charge in [-0.15, -0.1) is 0 Å². The fourth-order valence-electron chi connectivity index (χ4n) is 4.69. The summed E-state index contributed by atoms with van der Waals surface area (Å²) >= 11 is 0. The Kier molecular flexibility index (Phi) is 9.16. The maximum Gasteiger partial charge on any atom is 0.254 e. The minimum Gasteiger partial charge on any atom is -0.508 e. The van der Waals surface area contributed by atoms with Gasteiger partial charge in [0.25, 0.3) is 11.8 Å². The molecule has 1 aliphatic rings. The van der Waals surface area contributed by atoms with Crippen LogP contribution in [0.2, 0.25) is 0 Å². The molecular formula is C31H33N3O6. The number of hydrogen-bond donors (Lipinski definition) is 2. The Hall–Kier alpha value is -4.66. The van der Waals surface area contributed by atoms with Crippen LogP contribution in [0.15, 0.2) is 78.9 Å². The molecule has 1 saturated heterocycles. The number of ether oxygens (including phenoxy) is 1. The third kappa shape index (κ3) is 7.05. The molecule has 3 amide bonds. The van der Waals surface area contributed by atoms with Crippen LogP contribution in [0, 0.1) is 0 Å². The second-order valence-electron chi connectivity index (χ2n) is 9.86. The molecule has 3 aromatic carbocycles. The zero-order valence-corrected chi connectivity index (χ0v) is 22.6. The molecule has 1 fully saturated rings. The molecule has 9 heteroatoms. The number of ketones is 1. The number of amides is 3. The summed E-state index contributed by atoms with van der Waals surface area (Å²) in [5.74, 6) is -0.754. The van der Waals surface area contributed by atoms with Gasteiger partial charge in [-0.1, -0.05) is 36.4 Å². The number of Topliss-reactive ketones (excluding diaryl/α,β-unsaturated/α-hetero) is 1. The molecule has 0 aromatic heterocycles. The van der Waals surface area contributed by atoms with Gasteiger partial charge in [-0.25, -0.2) is 0 Å². The van der Waals surface area contributed by atoms with E-state index in [0.29, 0.717) is 23.3 Å². The van der Waals surface area contributed by atoms with Gasteiger partial charge < -0.3 is 25.0 Å². The predicted octanol–water partition coefficient (Wildman–Crippen LogP) is 3.07. The second-order valence-corrected chi connectivity index (χ2v) is 9.86. The number of phenols is 1.